The van der Waals surface area contributed by atoms with Crippen LogP contribution in [0.5, 0.6) is 0 Å². The minimum absolute atomic E-state index is 0.128. The van der Waals surface area contributed by atoms with E-state index in [-0.39, 0.29) is 5.56 Å². The van der Waals surface area contributed by atoms with E-state index in [1.807, 2.05) is 0 Å². The van der Waals surface area contributed by atoms with E-state index in [9.17, 15) is 9.18 Å². The lowest BCUT2D eigenvalue weighted by Gasteiger charge is -2.07. The van der Waals surface area contributed by atoms with Gasteiger partial charge >= 0.3 is 0 Å². The highest BCUT2D eigenvalue weighted by atomic mass is 79.9. The number of benzene rings is 1. The van der Waals surface area contributed by atoms with E-state index >= 15 is 0 Å². The molecule has 0 unspecified atom stereocenters. The van der Waals surface area contributed by atoms with Gasteiger partial charge in [-0.15, -0.1) is 0 Å². The molecule has 0 saturated heterocycles. The number of nitrogens with one attached hydrogen (secondary N) is 1. The summed E-state index contributed by atoms with van der Waals surface area (Å²) in [7, 11) is 0. The van der Waals surface area contributed by atoms with Crippen molar-refractivity contribution >= 4 is 39.1 Å². The van der Waals surface area contributed by atoms with Crippen LogP contribution in [0.2, 0.25) is 5.02 Å². The molecule has 1 heterocycles. The first kappa shape index (κ1) is 13.0. The minimum Gasteiger partial charge on any atom is -0.320 e. The second kappa shape index (κ2) is 5.46. The van der Waals surface area contributed by atoms with Gasteiger partial charge in [0.1, 0.15) is 0 Å². The van der Waals surface area contributed by atoms with Crippen molar-refractivity contribution in [2.24, 2.45) is 0 Å². The molecule has 2 aromatic rings. The molecule has 0 aliphatic carbocycles. The number of pyridine rings is 1. The number of carbonyl (C=O) groups excluding carboxylic acids is 1. The first-order valence-corrected chi connectivity index (χ1v) is 6.12. The molecule has 0 radical (unpaired) electrons. The van der Waals surface area contributed by atoms with E-state index in [4.69, 9.17) is 11.6 Å². The van der Waals surface area contributed by atoms with Gasteiger partial charge < -0.3 is 5.32 Å². The molecule has 0 saturated carbocycles. The van der Waals surface area contributed by atoms with Crippen LogP contribution in [0, 0.1) is 5.95 Å². The summed E-state index contributed by atoms with van der Waals surface area (Å²) in [6.07, 6.45) is 1.28. The third-order valence-electron chi connectivity index (χ3n) is 2.18. The Kier molecular flexibility index (Phi) is 3.93. The lowest BCUT2D eigenvalue weighted by molar-refractivity contribution is 0.102. The van der Waals surface area contributed by atoms with Crippen molar-refractivity contribution < 1.29 is 9.18 Å². The maximum absolute atomic E-state index is 13.3. The summed E-state index contributed by atoms with van der Waals surface area (Å²) in [4.78, 5) is 15.2. The number of rotatable bonds is 2. The van der Waals surface area contributed by atoms with E-state index in [0.29, 0.717) is 10.7 Å². The molecule has 3 nitrogen and oxygen atoms in total. The van der Waals surface area contributed by atoms with Crippen molar-refractivity contribution in [3.8, 4) is 0 Å². The molecule has 6 heteroatoms. The van der Waals surface area contributed by atoms with Gasteiger partial charge in [-0.1, -0.05) is 27.5 Å². The van der Waals surface area contributed by atoms with Gasteiger partial charge in [0.25, 0.3) is 5.91 Å². The second-order valence-corrected chi connectivity index (χ2v) is 4.74. The van der Waals surface area contributed by atoms with Crippen molar-refractivity contribution in [3.05, 3.63) is 57.5 Å². The summed E-state index contributed by atoms with van der Waals surface area (Å²) < 4.78 is 14.1. The zero-order valence-corrected chi connectivity index (χ0v) is 11.3. The molecule has 1 aromatic carbocycles. The zero-order chi connectivity index (χ0) is 13.1. The second-order valence-electron chi connectivity index (χ2n) is 3.42. The standard InChI is InChI=1S/C12H7BrClFN2O/c13-7-3-4-10(9(14)6-7)17-12(18)8-2-1-5-16-11(8)15/h1-6H,(H,17,18). The summed E-state index contributed by atoms with van der Waals surface area (Å²) in [5.41, 5.74) is 0.282. The summed E-state index contributed by atoms with van der Waals surface area (Å²) in [5.74, 6) is -1.41. The molecule has 0 fully saturated rings. The number of nitrogens with zero attached hydrogens (tertiary/aromatic N) is 1. The van der Waals surface area contributed by atoms with Crippen LogP contribution in [-0.4, -0.2) is 10.9 Å². The average molecular weight is 330 g/mol. The zero-order valence-electron chi connectivity index (χ0n) is 8.95. The predicted molar refractivity (Wildman–Crippen MR) is 71.3 cm³/mol. The predicted octanol–water partition coefficient (Wildman–Crippen LogP) is 3.89. The lowest BCUT2D eigenvalue weighted by atomic mass is 10.2. The molecule has 0 atom stereocenters. The first-order valence-electron chi connectivity index (χ1n) is 4.95. The van der Waals surface area contributed by atoms with Crippen LogP contribution in [0.3, 0.4) is 0 Å². The third kappa shape index (κ3) is 2.86. The summed E-state index contributed by atoms with van der Waals surface area (Å²) in [6, 6.07) is 7.82. The molecule has 0 spiro atoms. The molecular weight excluding hydrogens is 322 g/mol. The van der Waals surface area contributed by atoms with Crippen LogP contribution < -0.4 is 5.32 Å². The van der Waals surface area contributed by atoms with E-state index in [2.05, 4.69) is 26.2 Å². The summed E-state index contributed by atoms with van der Waals surface area (Å²) >= 11 is 9.20. The van der Waals surface area contributed by atoms with E-state index in [1.165, 1.54) is 18.3 Å². The van der Waals surface area contributed by atoms with E-state index in [1.54, 1.807) is 18.2 Å². The highest BCUT2D eigenvalue weighted by molar-refractivity contribution is 9.10. The van der Waals surface area contributed by atoms with Crippen LogP contribution in [0.4, 0.5) is 10.1 Å². The van der Waals surface area contributed by atoms with Crippen LogP contribution in [0.25, 0.3) is 0 Å². The number of anilines is 1. The van der Waals surface area contributed by atoms with E-state index in [0.717, 1.165) is 4.47 Å². The summed E-state index contributed by atoms with van der Waals surface area (Å²) in [6.45, 7) is 0. The quantitative estimate of drug-likeness (QED) is 0.849. The fourth-order valence-corrected chi connectivity index (χ4v) is 2.06. The third-order valence-corrected chi connectivity index (χ3v) is 2.99. The molecule has 18 heavy (non-hydrogen) atoms. The Labute approximate surface area is 116 Å². The van der Waals surface area contributed by atoms with Crippen molar-refractivity contribution in [1.29, 1.82) is 0 Å². The number of aromatic nitrogens is 1. The molecule has 0 bridgehead atoms. The van der Waals surface area contributed by atoms with Crippen LogP contribution >= 0.6 is 27.5 Å². The van der Waals surface area contributed by atoms with Gasteiger partial charge in [0, 0.05) is 10.7 Å². The van der Waals surface area contributed by atoms with Crippen molar-refractivity contribution in [2.45, 2.75) is 0 Å². The van der Waals surface area contributed by atoms with Crippen LogP contribution in [-0.2, 0) is 0 Å². The van der Waals surface area contributed by atoms with Gasteiger partial charge in [-0.2, -0.15) is 4.39 Å². The van der Waals surface area contributed by atoms with Crippen molar-refractivity contribution in [2.75, 3.05) is 5.32 Å². The smallest absolute Gasteiger partial charge is 0.260 e. The lowest BCUT2D eigenvalue weighted by Crippen LogP contribution is -2.14. The molecule has 2 rings (SSSR count). The van der Waals surface area contributed by atoms with Gasteiger partial charge in [-0.05, 0) is 30.3 Å². The molecule has 1 amide bonds. The number of hydrogen-bond acceptors (Lipinski definition) is 2. The first-order chi connectivity index (χ1) is 8.58. The Balaban J connectivity index is 2.24. The Hall–Kier alpha value is -1.46. The molecule has 1 aromatic heterocycles. The Morgan fingerprint density at radius 2 is 2.17 bits per heavy atom. The average Bonchev–Trinajstić information content (AvgIpc) is 2.33. The van der Waals surface area contributed by atoms with Crippen LogP contribution in [0.15, 0.2) is 41.0 Å². The van der Waals surface area contributed by atoms with Crippen molar-refractivity contribution in [1.82, 2.24) is 4.98 Å². The molecule has 0 aliphatic heterocycles. The monoisotopic (exact) mass is 328 g/mol. The fraction of sp³-hybridized carbons (Fsp3) is 0. The maximum Gasteiger partial charge on any atom is 0.260 e. The van der Waals surface area contributed by atoms with Gasteiger partial charge in [0.2, 0.25) is 5.95 Å². The topological polar surface area (TPSA) is 42.0 Å². The van der Waals surface area contributed by atoms with Gasteiger partial charge in [-0.25, -0.2) is 4.98 Å². The van der Waals surface area contributed by atoms with Crippen molar-refractivity contribution in [3.63, 3.8) is 0 Å². The van der Waals surface area contributed by atoms with Gasteiger partial charge in [0.05, 0.1) is 16.3 Å². The number of amides is 1. The number of halogens is 3. The highest BCUT2D eigenvalue weighted by Crippen LogP contribution is 2.26. The highest BCUT2D eigenvalue weighted by Gasteiger charge is 2.13. The molecule has 92 valence electrons. The number of hydrogen-bond donors (Lipinski definition) is 1. The van der Waals surface area contributed by atoms with Gasteiger partial charge in [0.15, 0.2) is 0 Å². The maximum atomic E-state index is 13.3. The van der Waals surface area contributed by atoms with Gasteiger partial charge in [-0.3, -0.25) is 4.79 Å². The molecular formula is C12H7BrClFN2O. The molecule has 1 N–H and O–H groups in total. The van der Waals surface area contributed by atoms with Crippen LogP contribution in [0.1, 0.15) is 10.4 Å². The Bertz CT molecular complexity index is 606. The normalized spacial score (nSPS) is 10.2. The summed E-state index contributed by atoms with van der Waals surface area (Å²) in [5, 5.41) is 2.89. The Morgan fingerprint density at radius 3 is 2.83 bits per heavy atom. The molecule has 0 aliphatic rings. The SMILES string of the molecule is O=C(Nc1ccc(Br)cc1Cl)c1cccnc1F. The number of carbonyl (C=O) groups is 1. The minimum atomic E-state index is -0.816. The fourth-order valence-electron chi connectivity index (χ4n) is 1.34. The largest absolute Gasteiger partial charge is 0.320 e. The van der Waals surface area contributed by atoms with E-state index < -0.39 is 11.9 Å². The Morgan fingerprint density at radius 1 is 1.39 bits per heavy atom.